The quantitative estimate of drug-likeness (QED) is 0.492. The van der Waals surface area contributed by atoms with E-state index < -0.39 is 11.9 Å². The molecule has 11 nitrogen and oxygen atoms in total. The summed E-state index contributed by atoms with van der Waals surface area (Å²) in [6.07, 6.45) is 6.53. The maximum Gasteiger partial charge on any atom is 0.303 e. The van der Waals surface area contributed by atoms with E-state index in [4.69, 9.17) is 10.1 Å². The van der Waals surface area contributed by atoms with Gasteiger partial charge < -0.3 is 20.2 Å². The Morgan fingerprint density at radius 3 is 2.34 bits per heavy atom. The van der Waals surface area contributed by atoms with Gasteiger partial charge in [0.2, 0.25) is 17.7 Å². The second-order valence-corrected chi connectivity index (χ2v) is 11.2. The van der Waals surface area contributed by atoms with E-state index >= 15 is 0 Å². The molecule has 2 aliphatic heterocycles. The Balaban J connectivity index is 1.24. The maximum atomic E-state index is 13.5. The van der Waals surface area contributed by atoms with Crippen molar-refractivity contribution in [2.75, 3.05) is 36.4 Å². The highest BCUT2D eigenvalue weighted by atomic mass is 16.4. The lowest BCUT2D eigenvalue weighted by Crippen LogP contribution is -2.48. The van der Waals surface area contributed by atoms with E-state index in [1.54, 1.807) is 11.1 Å². The number of pyridine rings is 2. The summed E-state index contributed by atoms with van der Waals surface area (Å²) >= 11 is 0. The standard InChI is InChI=1S/C30H38N6O5/c1-19-23-11-13-25(33-29(23)28(21-6-3-4-7-21)30(41)36(19)20(2)37)32-24-12-10-22(18-31-24)34-14-16-35(17-15-34)26(38)8-5-9-27(39)40/h10-13,18-19,21,28H,3-9,14-17H2,1-2H3,(H,39,40)(H,31,32,33). The molecule has 1 aliphatic carbocycles. The lowest BCUT2D eigenvalue weighted by atomic mass is 9.80. The highest BCUT2D eigenvalue weighted by molar-refractivity contribution is 5.99. The molecule has 218 valence electrons. The van der Waals surface area contributed by atoms with Crippen molar-refractivity contribution in [3.8, 4) is 0 Å². The Bertz CT molecular complexity index is 1300. The first kappa shape index (κ1) is 28.5. The number of amides is 3. The van der Waals surface area contributed by atoms with Crippen LogP contribution in [0, 0.1) is 5.92 Å². The zero-order valence-electron chi connectivity index (χ0n) is 23.7. The average molecular weight is 563 g/mol. The van der Waals surface area contributed by atoms with Crippen LogP contribution < -0.4 is 10.2 Å². The first-order valence-corrected chi connectivity index (χ1v) is 14.5. The maximum absolute atomic E-state index is 13.5. The van der Waals surface area contributed by atoms with Crippen LogP contribution in [0.1, 0.15) is 82.0 Å². The Morgan fingerprint density at radius 1 is 1.00 bits per heavy atom. The number of fused-ring (bicyclic) bond motifs is 1. The topological polar surface area (TPSA) is 136 Å². The third-order valence-electron chi connectivity index (χ3n) is 8.59. The number of nitrogens with zero attached hydrogens (tertiary/aromatic N) is 5. The number of imide groups is 1. The number of hydrogen-bond donors (Lipinski definition) is 2. The van der Waals surface area contributed by atoms with E-state index in [-0.39, 0.29) is 42.5 Å². The predicted molar refractivity (Wildman–Crippen MR) is 153 cm³/mol. The predicted octanol–water partition coefficient (Wildman–Crippen LogP) is 3.85. The number of piperazine rings is 1. The molecule has 4 heterocycles. The van der Waals surface area contributed by atoms with Gasteiger partial charge in [-0.25, -0.2) is 9.97 Å². The van der Waals surface area contributed by atoms with Crippen LogP contribution in [0.15, 0.2) is 30.5 Å². The van der Waals surface area contributed by atoms with Gasteiger partial charge in [0, 0.05) is 45.9 Å². The molecule has 2 aromatic rings. The summed E-state index contributed by atoms with van der Waals surface area (Å²) in [6.45, 7) is 5.87. The first-order chi connectivity index (χ1) is 19.7. The lowest BCUT2D eigenvalue weighted by Gasteiger charge is -2.39. The highest BCUT2D eigenvalue weighted by Crippen LogP contribution is 2.45. The van der Waals surface area contributed by atoms with E-state index in [0.29, 0.717) is 44.2 Å². The number of anilines is 3. The van der Waals surface area contributed by atoms with Crippen LogP contribution in [-0.4, -0.2) is 74.7 Å². The second-order valence-electron chi connectivity index (χ2n) is 11.2. The van der Waals surface area contributed by atoms with Crippen LogP contribution >= 0.6 is 0 Å². The van der Waals surface area contributed by atoms with Crippen LogP contribution in [0.2, 0.25) is 0 Å². The minimum absolute atomic E-state index is 0.00129. The number of nitrogens with one attached hydrogen (secondary N) is 1. The van der Waals surface area contributed by atoms with E-state index in [9.17, 15) is 19.2 Å². The molecule has 5 rings (SSSR count). The molecule has 41 heavy (non-hydrogen) atoms. The van der Waals surface area contributed by atoms with Crippen molar-refractivity contribution >= 4 is 41.0 Å². The molecule has 2 N–H and O–H groups in total. The Morgan fingerprint density at radius 2 is 1.71 bits per heavy atom. The molecule has 0 bridgehead atoms. The van der Waals surface area contributed by atoms with Gasteiger partial charge >= 0.3 is 5.97 Å². The van der Waals surface area contributed by atoms with E-state index in [0.717, 1.165) is 42.6 Å². The fourth-order valence-electron chi connectivity index (χ4n) is 6.44. The summed E-state index contributed by atoms with van der Waals surface area (Å²) in [5.41, 5.74) is 2.64. The largest absolute Gasteiger partial charge is 0.481 e. The van der Waals surface area contributed by atoms with Gasteiger partial charge in [0.05, 0.1) is 29.5 Å². The van der Waals surface area contributed by atoms with Crippen molar-refractivity contribution < 1.29 is 24.3 Å². The zero-order chi connectivity index (χ0) is 29.1. The van der Waals surface area contributed by atoms with E-state index in [2.05, 4.69) is 15.2 Å². The number of aliphatic carboxylic acids is 1. The number of carboxylic acid groups (broad SMARTS) is 1. The monoisotopic (exact) mass is 562 g/mol. The molecular weight excluding hydrogens is 524 g/mol. The number of aromatic nitrogens is 2. The van der Waals surface area contributed by atoms with Crippen LogP contribution in [-0.2, 0) is 19.2 Å². The molecule has 2 aromatic heterocycles. The molecule has 2 unspecified atom stereocenters. The number of hydrogen-bond acceptors (Lipinski definition) is 8. The van der Waals surface area contributed by atoms with Crippen LogP contribution in [0.4, 0.5) is 17.3 Å². The fraction of sp³-hybridized carbons (Fsp3) is 0.533. The van der Waals surface area contributed by atoms with E-state index in [1.165, 1.54) is 11.8 Å². The average Bonchev–Trinajstić information content (AvgIpc) is 3.48. The molecule has 3 amide bonds. The number of carboxylic acids is 1. The van der Waals surface area contributed by atoms with Gasteiger partial charge in [0.15, 0.2) is 0 Å². The lowest BCUT2D eigenvalue weighted by molar-refractivity contribution is -0.149. The summed E-state index contributed by atoms with van der Waals surface area (Å²) in [5.74, 6) is -0.228. The van der Waals surface area contributed by atoms with Gasteiger partial charge in [-0.05, 0) is 55.9 Å². The molecule has 1 saturated heterocycles. The Kier molecular flexibility index (Phi) is 8.51. The normalized spacial score (nSPS) is 21.1. The highest BCUT2D eigenvalue weighted by Gasteiger charge is 2.44. The summed E-state index contributed by atoms with van der Waals surface area (Å²) < 4.78 is 0. The fourth-order valence-corrected chi connectivity index (χ4v) is 6.44. The van der Waals surface area contributed by atoms with Crippen molar-refractivity contribution in [3.63, 3.8) is 0 Å². The Labute approximate surface area is 239 Å². The Hall–Kier alpha value is -4.02. The molecule has 0 spiro atoms. The van der Waals surface area contributed by atoms with Crippen molar-refractivity contribution in [2.45, 2.75) is 70.8 Å². The van der Waals surface area contributed by atoms with Gasteiger partial charge in [-0.2, -0.15) is 0 Å². The van der Waals surface area contributed by atoms with Crippen molar-refractivity contribution in [1.29, 1.82) is 0 Å². The smallest absolute Gasteiger partial charge is 0.303 e. The molecule has 0 aromatic carbocycles. The minimum Gasteiger partial charge on any atom is -0.481 e. The van der Waals surface area contributed by atoms with E-state index in [1.807, 2.05) is 31.2 Å². The van der Waals surface area contributed by atoms with Crippen molar-refractivity contribution in [2.24, 2.45) is 5.92 Å². The molecule has 3 aliphatic rings. The number of rotatable bonds is 8. The number of carbonyl (C=O) groups excluding carboxylic acids is 3. The van der Waals surface area contributed by atoms with Crippen LogP contribution in [0.25, 0.3) is 0 Å². The van der Waals surface area contributed by atoms with Gasteiger partial charge in [-0.1, -0.05) is 18.9 Å². The SMILES string of the molecule is CC(=O)N1C(=O)C(C2CCCC2)c2nc(Nc3ccc(N4CCN(C(=O)CCCC(=O)O)CC4)cn3)ccc2C1C. The van der Waals surface area contributed by atoms with Gasteiger partial charge in [0.25, 0.3) is 0 Å². The third kappa shape index (κ3) is 6.18. The molecule has 11 heteroatoms. The van der Waals surface area contributed by atoms with Gasteiger partial charge in [-0.15, -0.1) is 0 Å². The van der Waals surface area contributed by atoms with Gasteiger partial charge in [-0.3, -0.25) is 24.1 Å². The molecule has 0 radical (unpaired) electrons. The van der Waals surface area contributed by atoms with Crippen LogP contribution in [0.3, 0.4) is 0 Å². The molecular formula is C30H38N6O5. The first-order valence-electron chi connectivity index (χ1n) is 14.5. The second kappa shape index (κ2) is 12.2. The molecule has 1 saturated carbocycles. The number of carbonyl (C=O) groups is 4. The molecule has 2 fully saturated rings. The van der Waals surface area contributed by atoms with Crippen LogP contribution in [0.5, 0.6) is 0 Å². The van der Waals surface area contributed by atoms with Crippen molar-refractivity contribution in [3.05, 3.63) is 41.7 Å². The minimum atomic E-state index is -0.880. The molecule has 2 atom stereocenters. The summed E-state index contributed by atoms with van der Waals surface area (Å²) in [6, 6.07) is 7.36. The summed E-state index contributed by atoms with van der Waals surface area (Å²) in [5, 5.41) is 12.1. The summed E-state index contributed by atoms with van der Waals surface area (Å²) in [7, 11) is 0. The zero-order valence-corrected chi connectivity index (χ0v) is 23.7. The summed E-state index contributed by atoms with van der Waals surface area (Å²) in [4.78, 5) is 63.8. The van der Waals surface area contributed by atoms with Crippen molar-refractivity contribution in [1.82, 2.24) is 19.8 Å². The third-order valence-corrected chi connectivity index (χ3v) is 8.59. The van der Waals surface area contributed by atoms with Gasteiger partial charge in [0.1, 0.15) is 11.6 Å².